The fourth-order valence-electron chi connectivity index (χ4n) is 1.56. The number of benzene rings is 1. The number of nitrogens with one attached hydrogen (secondary N) is 1. The molecule has 0 aliphatic heterocycles. The predicted molar refractivity (Wildman–Crippen MR) is 66.6 cm³/mol. The van der Waals surface area contributed by atoms with Crippen molar-refractivity contribution in [3.05, 3.63) is 35.9 Å². The van der Waals surface area contributed by atoms with E-state index in [0.29, 0.717) is 0 Å². The van der Waals surface area contributed by atoms with E-state index in [1.54, 1.807) is 4.90 Å². The molecule has 17 heavy (non-hydrogen) atoms. The van der Waals surface area contributed by atoms with Gasteiger partial charge < -0.3 is 10.2 Å². The van der Waals surface area contributed by atoms with Crippen molar-refractivity contribution in [3.8, 4) is 0 Å². The number of hydrogen-bond acceptors (Lipinski definition) is 3. The molecule has 1 N–H and O–H groups in total. The molecule has 1 rings (SSSR count). The number of ketones is 1. The van der Waals surface area contributed by atoms with Crippen LogP contribution in [0.15, 0.2) is 30.3 Å². The molecule has 0 spiro atoms. The molecule has 0 heterocycles. The zero-order valence-corrected chi connectivity index (χ0v) is 10.4. The van der Waals surface area contributed by atoms with E-state index in [1.807, 2.05) is 44.4 Å². The van der Waals surface area contributed by atoms with E-state index in [4.69, 9.17) is 0 Å². The van der Waals surface area contributed by atoms with Crippen molar-refractivity contribution < 1.29 is 9.59 Å². The first kappa shape index (κ1) is 13.4. The highest BCUT2D eigenvalue weighted by Crippen LogP contribution is 2.13. The normalized spacial score (nSPS) is 12.2. The molecule has 0 bridgehead atoms. The van der Waals surface area contributed by atoms with E-state index in [0.717, 1.165) is 5.56 Å². The Balaban J connectivity index is 2.75. The number of amides is 1. The van der Waals surface area contributed by atoms with Gasteiger partial charge in [-0.25, -0.2) is 0 Å². The molecule has 0 aliphatic rings. The highest BCUT2D eigenvalue weighted by atomic mass is 16.2. The van der Waals surface area contributed by atoms with Gasteiger partial charge in [-0.2, -0.15) is 0 Å². The number of carbonyl (C=O) groups excluding carboxylic acids is 2. The van der Waals surface area contributed by atoms with Gasteiger partial charge in [0.15, 0.2) is 5.78 Å². The van der Waals surface area contributed by atoms with Crippen molar-refractivity contribution >= 4 is 11.7 Å². The second-order valence-electron chi connectivity index (χ2n) is 4.26. The summed E-state index contributed by atoms with van der Waals surface area (Å²) in [6.45, 7) is 1.75. The molecular formula is C13H18N2O2. The molecule has 92 valence electrons. The Kier molecular flexibility index (Phi) is 4.84. The number of Topliss-reactive ketones (excluding diaryl/α,β-unsaturated/α-hetero) is 1. The maximum Gasteiger partial charge on any atom is 0.235 e. The van der Waals surface area contributed by atoms with Crippen LogP contribution in [0, 0.1) is 0 Å². The number of carbonyl (C=O) groups is 2. The van der Waals surface area contributed by atoms with Crippen LogP contribution in [-0.4, -0.2) is 37.2 Å². The van der Waals surface area contributed by atoms with Crippen molar-refractivity contribution in [3.63, 3.8) is 0 Å². The molecule has 0 aromatic heterocycles. The minimum Gasteiger partial charge on any atom is -0.341 e. The average Bonchev–Trinajstić information content (AvgIpc) is 2.25. The number of rotatable bonds is 5. The lowest BCUT2D eigenvalue weighted by atomic mass is 10.0. The Hall–Kier alpha value is -1.68. The highest BCUT2D eigenvalue weighted by Gasteiger charge is 2.18. The first-order chi connectivity index (χ1) is 8.00. The van der Waals surface area contributed by atoms with Crippen molar-refractivity contribution in [1.29, 1.82) is 0 Å². The fraction of sp³-hybridized carbons (Fsp3) is 0.385. The van der Waals surface area contributed by atoms with E-state index in [-0.39, 0.29) is 18.2 Å². The van der Waals surface area contributed by atoms with Crippen LogP contribution in [0.3, 0.4) is 0 Å². The third kappa shape index (κ3) is 4.36. The second kappa shape index (κ2) is 6.15. The van der Waals surface area contributed by atoms with Gasteiger partial charge in [0.25, 0.3) is 0 Å². The molecule has 0 radical (unpaired) electrons. The molecule has 4 heteroatoms. The summed E-state index contributed by atoms with van der Waals surface area (Å²) < 4.78 is 0. The van der Waals surface area contributed by atoms with Gasteiger partial charge in [0.1, 0.15) is 6.04 Å². The molecule has 0 saturated heterocycles. The highest BCUT2D eigenvalue weighted by molar-refractivity contribution is 5.89. The van der Waals surface area contributed by atoms with Crippen molar-refractivity contribution in [2.45, 2.75) is 13.0 Å². The Morgan fingerprint density at radius 2 is 1.82 bits per heavy atom. The zero-order chi connectivity index (χ0) is 12.8. The van der Waals surface area contributed by atoms with E-state index < -0.39 is 6.04 Å². The molecule has 0 fully saturated rings. The lowest BCUT2D eigenvalue weighted by Gasteiger charge is -2.17. The van der Waals surface area contributed by atoms with Gasteiger partial charge >= 0.3 is 0 Å². The summed E-state index contributed by atoms with van der Waals surface area (Å²) in [7, 11) is 3.62. The molecule has 4 nitrogen and oxygen atoms in total. The van der Waals surface area contributed by atoms with Crippen molar-refractivity contribution in [2.24, 2.45) is 0 Å². The topological polar surface area (TPSA) is 49.4 Å². The Labute approximate surface area is 102 Å². The van der Waals surface area contributed by atoms with Crippen molar-refractivity contribution in [1.82, 2.24) is 10.2 Å². The van der Waals surface area contributed by atoms with Crippen LogP contribution in [-0.2, 0) is 9.59 Å². The maximum absolute atomic E-state index is 11.6. The maximum atomic E-state index is 11.6. The summed E-state index contributed by atoms with van der Waals surface area (Å²) in [4.78, 5) is 24.9. The summed E-state index contributed by atoms with van der Waals surface area (Å²) in [5, 5.41) is 2.73. The van der Waals surface area contributed by atoms with Crippen LogP contribution in [0.5, 0.6) is 0 Å². The van der Waals surface area contributed by atoms with Crippen LogP contribution < -0.4 is 5.32 Å². The summed E-state index contributed by atoms with van der Waals surface area (Å²) in [5.74, 6) is -0.220. The predicted octanol–water partition coefficient (Wildman–Crippen LogP) is 0.994. The number of likely N-dealkylation sites (N-methyl/N-ethyl adjacent to an activating group) is 1. The molecule has 1 atom stereocenters. The third-order valence-electron chi connectivity index (χ3n) is 2.30. The smallest absolute Gasteiger partial charge is 0.235 e. The van der Waals surface area contributed by atoms with Gasteiger partial charge in [0.2, 0.25) is 5.91 Å². The van der Waals surface area contributed by atoms with Gasteiger partial charge in [-0.3, -0.25) is 9.59 Å². The van der Waals surface area contributed by atoms with E-state index in [2.05, 4.69) is 5.32 Å². The Morgan fingerprint density at radius 3 is 2.29 bits per heavy atom. The standard InChI is InChI=1S/C13H18N2O2/c1-10(16)13(11-7-5-4-6-8-11)14-12(17)9-15(2)3/h4-8,13H,9H2,1-3H3,(H,14,17). The summed E-state index contributed by atoms with van der Waals surface area (Å²) in [5.41, 5.74) is 0.812. The lowest BCUT2D eigenvalue weighted by molar-refractivity contribution is -0.127. The van der Waals surface area contributed by atoms with E-state index in [9.17, 15) is 9.59 Å². The van der Waals surface area contributed by atoms with E-state index in [1.165, 1.54) is 6.92 Å². The molecule has 1 amide bonds. The SMILES string of the molecule is CC(=O)C(NC(=O)CN(C)C)c1ccccc1. The molecule has 1 aromatic rings. The fourth-order valence-corrected chi connectivity index (χ4v) is 1.56. The van der Waals surface area contributed by atoms with Crippen LogP contribution in [0.25, 0.3) is 0 Å². The van der Waals surface area contributed by atoms with Gasteiger partial charge in [-0.05, 0) is 26.6 Å². The minimum absolute atomic E-state index is 0.0664. The second-order valence-corrected chi connectivity index (χ2v) is 4.26. The molecule has 1 unspecified atom stereocenters. The first-order valence-corrected chi connectivity index (χ1v) is 5.50. The molecule has 0 aliphatic carbocycles. The largest absolute Gasteiger partial charge is 0.341 e. The zero-order valence-electron chi connectivity index (χ0n) is 10.4. The van der Waals surface area contributed by atoms with Gasteiger partial charge in [-0.15, -0.1) is 0 Å². The Morgan fingerprint density at radius 1 is 1.24 bits per heavy atom. The third-order valence-corrected chi connectivity index (χ3v) is 2.30. The summed E-state index contributed by atoms with van der Waals surface area (Å²) in [6, 6.07) is 8.70. The van der Waals surface area contributed by atoms with E-state index >= 15 is 0 Å². The summed E-state index contributed by atoms with van der Waals surface area (Å²) >= 11 is 0. The monoisotopic (exact) mass is 234 g/mol. The summed E-state index contributed by atoms with van der Waals surface area (Å²) in [6.07, 6.45) is 0. The number of nitrogens with zero attached hydrogens (tertiary/aromatic N) is 1. The molecule has 0 saturated carbocycles. The van der Waals surface area contributed by atoms with Crippen LogP contribution in [0.2, 0.25) is 0 Å². The van der Waals surface area contributed by atoms with Gasteiger partial charge in [0, 0.05) is 0 Å². The molecular weight excluding hydrogens is 216 g/mol. The van der Waals surface area contributed by atoms with Crippen molar-refractivity contribution in [2.75, 3.05) is 20.6 Å². The minimum atomic E-state index is -0.552. The number of hydrogen-bond donors (Lipinski definition) is 1. The van der Waals surface area contributed by atoms with Gasteiger partial charge in [0.05, 0.1) is 6.54 Å². The quantitative estimate of drug-likeness (QED) is 0.826. The average molecular weight is 234 g/mol. The lowest BCUT2D eigenvalue weighted by Crippen LogP contribution is -2.38. The van der Waals surface area contributed by atoms with Crippen LogP contribution >= 0.6 is 0 Å². The first-order valence-electron chi connectivity index (χ1n) is 5.50. The molecule has 1 aromatic carbocycles. The van der Waals surface area contributed by atoms with Crippen LogP contribution in [0.4, 0.5) is 0 Å². The van der Waals surface area contributed by atoms with Crippen LogP contribution in [0.1, 0.15) is 18.5 Å². The van der Waals surface area contributed by atoms with Gasteiger partial charge in [-0.1, -0.05) is 30.3 Å². The Bertz CT molecular complexity index is 388.